The highest BCUT2D eigenvalue weighted by molar-refractivity contribution is 6.07. The van der Waals surface area contributed by atoms with Gasteiger partial charge in [-0.2, -0.15) is 0 Å². The molecule has 2 aromatic rings. The van der Waals surface area contributed by atoms with Crippen molar-refractivity contribution in [2.75, 3.05) is 20.3 Å². The third kappa shape index (κ3) is 7.61. The molecule has 0 amide bonds. The number of methoxy groups -OCH3 is 1. The quantitative estimate of drug-likeness (QED) is 0.153. The number of carbonyl (C=O) groups is 2. The molecule has 0 fully saturated rings. The number of phenolic OH excluding ortho intramolecular Hbond substituents is 1. The smallest absolute Gasteiger partial charge is 0.305 e. The average Bonchev–Trinajstić information content (AvgIpc) is 2.79. The Balaban J connectivity index is 1.92. The van der Waals surface area contributed by atoms with Crippen LogP contribution < -0.4 is 9.47 Å². The number of hydrogen-bond donors (Lipinski definition) is 1. The monoisotopic (exact) mass is 438 g/mol. The molecule has 6 heteroatoms. The van der Waals surface area contributed by atoms with Gasteiger partial charge in [0.2, 0.25) is 0 Å². The highest BCUT2D eigenvalue weighted by atomic mass is 16.5. The minimum Gasteiger partial charge on any atom is -0.508 e. The van der Waals surface area contributed by atoms with E-state index in [2.05, 4.69) is 6.58 Å². The van der Waals surface area contributed by atoms with Gasteiger partial charge in [-0.05, 0) is 74.2 Å². The van der Waals surface area contributed by atoms with Crippen LogP contribution in [0.5, 0.6) is 17.2 Å². The molecule has 1 N–H and O–H groups in total. The summed E-state index contributed by atoms with van der Waals surface area (Å²) in [5.74, 6) is 0.917. The van der Waals surface area contributed by atoms with Gasteiger partial charge >= 0.3 is 5.97 Å². The number of aromatic hydroxyl groups is 1. The normalized spacial score (nSPS) is 10.7. The zero-order valence-electron chi connectivity index (χ0n) is 18.6. The summed E-state index contributed by atoms with van der Waals surface area (Å²) in [5.41, 5.74) is 1.93. The second-order valence-corrected chi connectivity index (χ2v) is 7.05. The van der Waals surface area contributed by atoms with Gasteiger partial charge in [-0.3, -0.25) is 9.59 Å². The minimum absolute atomic E-state index is 0.127. The average molecular weight is 439 g/mol. The van der Waals surface area contributed by atoms with E-state index in [1.807, 2.05) is 0 Å². The third-order valence-corrected chi connectivity index (χ3v) is 4.70. The van der Waals surface area contributed by atoms with Crippen molar-refractivity contribution >= 4 is 17.8 Å². The second-order valence-electron chi connectivity index (χ2n) is 7.05. The minimum atomic E-state index is -0.190. The molecule has 0 aliphatic rings. The lowest BCUT2D eigenvalue weighted by molar-refractivity contribution is -0.143. The molecule has 0 saturated heterocycles. The fourth-order valence-corrected chi connectivity index (χ4v) is 3.03. The Morgan fingerprint density at radius 2 is 1.88 bits per heavy atom. The fourth-order valence-electron chi connectivity index (χ4n) is 3.03. The maximum absolute atomic E-state index is 12.5. The number of hydrogen-bond acceptors (Lipinski definition) is 6. The molecule has 0 unspecified atom stereocenters. The topological polar surface area (TPSA) is 82.1 Å². The van der Waals surface area contributed by atoms with Crippen molar-refractivity contribution in [2.45, 2.75) is 32.6 Å². The largest absolute Gasteiger partial charge is 0.508 e. The lowest BCUT2D eigenvalue weighted by Crippen LogP contribution is -2.05. The summed E-state index contributed by atoms with van der Waals surface area (Å²) >= 11 is 0. The molecule has 0 radical (unpaired) electrons. The van der Waals surface area contributed by atoms with Gasteiger partial charge < -0.3 is 19.3 Å². The number of unbranched alkanes of at least 4 members (excludes halogenated alkanes) is 1. The van der Waals surface area contributed by atoms with Crippen LogP contribution in [0, 0.1) is 0 Å². The van der Waals surface area contributed by atoms with Crippen molar-refractivity contribution in [1.82, 2.24) is 0 Å². The first-order valence-electron chi connectivity index (χ1n) is 10.6. The van der Waals surface area contributed by atoms with E-state index in [0.29, 0.717) is 60.7 Å². The van der Waals surface area contributed by atoms with Crippen molar-refractivity contribution in [2.24, 2.45) is 0 Å². The van der Waals surface area contributed by atoms with Crippen LogP contribution in [0.4, 0.5) is 0 Å². The van der Waals surface area contributed by atoms with Crippen LogP contribution in [0.1, 0.15) is 47.7 Å². The molecule has 0 saturated carbocycles. The van der Waals surface area contributed by atoms with E-state index in [1.165, 1.54) is 19.3 Å². The van der Waals surface area contributed by atoms with Crippen LogP contribution in [0.25, 0.3) is 6.08 Å². The second kappa shape index (κ2) is 13.0. The Hall–Kier alpha value is -3.54. The summed E-state index contributed by atoms with van der Waals surface area (Å²) in [4.78, 5) is 23.8. The maximum atomic E-state index is 12.5. The molecular weight excluding hydrogens is 408 g/mol. The molecule has 2 rings (SSSR count). The first-order valence-corrected chi connectivity index (χ1v) is 10.6. The fraction of sp³-hybridized carbons (Fsp3) is 0.308. The molecule has 0 aliphatic carbocycles. The predicted molar refractivity (Wildman–Crippen MR) is 124 cm³/mol. The van der Waals surface area contributed by atoms with Crippen molar-refractivity contribution in [3.05, 3.63) is 71.8 Å². The summed E-state index contributed by atoms with van der Waals surface area (Å²) in [5, 5.41) is 10.0. The SMILES string of the molecule is C=CCc1cc(/C=C/C(=O)c2ccc(OCCCCC(=O)OCC)cc2)c(OC)cc1O. The van der Waals surface area contributed by atoms with Gasteiger partial charge in [0.15, 0.2) is 5.78 Å². The number of carbonyl (C=O) groups excluding carboxylic acids is 2. The first kappa shape index (κ1) is 24.7. The number of allylic oxidation sites excluding steroid dienone is 2. The zero-order valence-corrected chi connectivity index (χ0v) is 18.6. The van der Waals surface area contributed by atoms with Crippen LogP contribution in [0.2, 0.25) is 0 Å². The van der Waals surface area contributed by atoms with Crippen molar-refractivity contribution in [3.63, 3.8) is 0 Å². The molecule has 0 aliphatic heterocycles. The Labute approximate surface area is 189 Å². The van der Waals surface area contributed by atoms with Gasteiger partial charge in [-0.25, -0.2) is 0 Å². The Bertz CT molecular complexity index is 944. The van der Waals surface area contributed by atoms with Gasteiger partial charge in [0.05, 0.1) is 20.3 Å². The maximum Gasteiger partial charge on any atom is 0.305 e. The number of phenols is 1. The molecule has 0 heterocycles. The summed E-state index contributed by atoms with van der Waals surface area (Å²) < 4.78 is 15.8. The third-order valence-electron chi connectivity index (χ3n) is 4.70. The van der Waals surface area contributed by atoms with Gasteiger partial charge in [0, 0.05) is 23.6 Å². The summed E-state index contributed by atoms with van der Waals surface area (Å²) in [6.45, 7) is 6.36. The first-order chi connectivity index (χ1) is 15.5. The highest BCUT2D eigenvalue weighted by Gasteiger charge is 2.09. The van der Waals surface area contributed by atoms with Crippen LogP contribution in [0.15, 0.2) is 55.1 Å². The van der Waals surface area contributed by atoms with E-state index in [1.54, 1.807) is 49.4 Å². The highest BCUT2D eigenvalue weighted by Crippen LogP contribution is 2.30. The van der Waals surface area contributed by atoms with Crippen molar-refractivity contribution in [1.29, 1.82) is 0 Å². The van der Waals surface area contributed by atoms with Crippen molar-refractivity contribution < 1.29 is 28.9 Å². The summed E-state index contributed by atoms with van der Waals surface area (Å²) in [7, 11) is 1.51. The Kier molecular flexibility index (Phi) is 10.0. The number of benzene rings is 2. The lowest BCUT2D eigenvalue weighted by Gasteiger charge is -2.09. The number of esters is 1. The Morgan fingerprint density at radius 3 is 2.53 bits per heavy atom. The van der Waals surface area contributed by atoms with Crippen LogP contribution in [-0.2, 0) is 16.0 Å². The van der Waals surface area contributed by atoms with Gasteiger partial charge in [-0.15, -0.1) is 6.58 Å². The number of ether oxygens (including phenoxy) is 3. The molecule has 0 aromatic heterocycles. The van der Waals surface area contributed by atoms with Crippen molar-refractivity contribution in [3.8, 4) is 17.2 Å². The Morgan fingerprint density at radius 1 is 1.12 bits per heavy atom. The molecular formula is C26H30O6. The summed E-state index contributed by atoms with van der Waals surface area (Å²) in [6, 6.07) is 10.2. The lowest BCUT2D eigenvalue weighted by atomic mass is 10.0. The van der Waals surface area contributed by atoms with Crippen LogP contribution in [0.3, 0.4) is 0 Å². The molecule has 32 heavy (non-hydrogen) atoms. The van der Waals surface area contributed by atoms with E-state index in [4.69, 9.17) is 14.2 Å². The van der Waals surface area contributed by atoms with E-state index in [9.17, 15) is 14.7 Å². The number of ketones is 1. The molecule has 6 nitrogen and oxygen atoms in total. The van der Waals surface area contributed by atoms with Gasteiger partial charge in [0.25, 0.3) is 0 Å². The van der Waals surface area contributed by atoms with E-state index >= 15 is 0 Å². The van der Waals surface area contributed by atoms with E-state index in [-0.39, 0.29) is 17.5 Å². The predicted octanol–water partition coefficient (Wildman–Crippen LogP) is 5.14. The van der Waals surface area contributed by atoms with Crippen LogP contribution >= 0.6 is 0 Å². The number of rotatable bonds is 13. The summed E-state index contributed by atoms with van der Waals surface area (Å²) in [6.07, 6.45) is 7.18. The van der Waals surface area contributed by atoms with Gasteiger partial charge in [0.1, 0.15) is 17.2 Å². The van der Waals surface area contributed by atoms with Gasteiger partial charge in [-0.1, -0.05) is 6.08 Å². The standard InChI is InChI=1S/C26H30O6/c1-4-8-20-17-21(25(30-3)18-24(20)28)12-15-23(27)19-10-13-22(14-11-19)32-16-7-6-9-26(29)31-5-2/h4,10-15,17-18,28H,1,5-9,16H2,2-3H3/b15-12+. The van der Waals surface area contributed by atoms with Crippen LogP contribution in [-0.4, -0.2) is 37.2 Å². The molecule has 0 atom stereocenters. The molecule has 0 bridgehead atoms. The van der Waals surface area contributed by atoms with E-state index < -0.39 is 0 Å². The zero-order chi connectivity index (χ0) is 23.3. The molecule has 2 aromatic carbocycles. The molecule has 170 valence electrons. The van der Waals surface area contributed by atoms with E-state index in [0.717, 1.165) is 6.42 Å². The molecule has 0 spiro atoms.